The number of nitrogens with zero attached hydrogens (tertiary/aromatic N) is 1. The van der Waals surface area contributed by atoms with Gasteiger partial charge in [-0.3, -0.25) is 4.90 Å². The van der Waals surface area contributed by atoms with Crippen LogP contribution in [0.2, 0.25) is 0 Å². The highest BCUT2D eigenvalue weighted by Gasteiger charge is 2.29. The minimum Gasteiger partial charge on any atom is -0.313 e. The van der Waals surface area contributed by atoms with E-state index in [1.165, 1.54) is 55.1 Å². The van der Waals surface area contributed by atoms with E-state index >= 15 is 0 Å². The van der Waals surface area contributed by atoms with Crippen LogP contribution in [0.3, 0.4) is 0 Å². The Morgan fingerprint density at radius 2 is 2.16 bits per heavy atom. The lowest BCUT2D eigenvalue weighted by Gasteiger charge is -2.31. The molecule has 2 nitrogen and oxygen atoms in total. The van der Waals surface area contributed by atoms with Crippen molar-refractivity contribution in [1.29, 1.82) is 0 Å². The molecule has 2 fully saturated rings. The molecule has 2 unspecified atom stereocenters. The van der Waals surface area contributed by atoms with Crippen molar-refractivity contribution in [3.8, 4) is 0 Å². The fraction of sp³-hybridized carbons (Fsp3) is 0.750. The van der Waals surface area contributed by atoms with Crippen molar-refractivity contribution >= 4 is 11.3 Å². The smallest absolute Gasteiger partial charge is 0.0414 e. The van der Waals surface area contributed by atoms with Gasteiger partial charge in [-0.2, -0.15) is 0 Å². The molecule has 1 N–H and O–H groups in total. The van der Waals surface area contributed by atoms with E-state index in [2.05, 4.69) is 36.2 Å². The van der Waals surface area contributed by atoms with Gasteiger partial charge < -0.3 is 5.32 Å². The molecule has 3 rings (SSSR count). The highest BCUT2D eigenvalue weighted by molar-refractivity contribution is 7.12. The number of aryl methyl sites for hydroxylation is 1. The number of rotatable bonds is 6. The first-order valence-electron chi connectivity index (χ1n) is 7.76. The molecule has 2 atom stereocenters. The molecule has 19 heavy (non-hydrogen) atoms. The first-order valence-corrected chi connectivity index (χ1v) is 8.58. The van der Waals surface area contributed by atoms with Gasteiger partial charge in [0.15, 0.2) is 0 Å². The van der Waals surface area contributed by atoms with Crippen LogP contribution in [0.4, 0.5) is 0 Å². The van der Waals surface area contributed by atoms with Crippen LogP contribution in [0.1, 0.15) is 48.4 Å². The van der Waals surface area contributed by atoms with Crippen molar-refractivity contribution in [3.63, 3.8) is 0 Å². The summed E-state index contributed by atoms with van der Waals surface area (Å²) in [5, 5.41) is 3.65. The van der Waals surface area contributed by atoms with Crippen LogP contribution in [-0.2, 0) is 0 Å². The maximum Gasteiger partial charge on any atom is 0.0414 e. The molecule has 1 aromatic rings. The maximum atomic E-state index is 3.65. The zero-order valence-electron chi connectivity index (χ0n) is 12.2. The normalized spacial score (nSPS) is 25.1. The van der Waals surface area contributed by atoms with E-state index in [1.807, 2.05) is 11.3 Å². The summed E-state index contributed by atoms with van der Waals surface area (Å²) in [6, 6.07) is 5.90. The van der Waals surface area contributed by atoms with Gasteiger partial charge in [0.2, 0.25) is 0 Å². The van der Waals surface area contributed by atoms with E-state index in [4.69, 9.17) is 0 Å². The summed E-state index contributed by atoms with van der Waals surface area (Å²) in [6.45, 7) is 8.35. The largest absolute Gasteiger partial charge is 0.313 e. The van der Waals surface area contributed by atoms with Crippen molar-refractivity contribution in [1.82, 2.24) is 10.2 Å². The third-order valence-corrected chi connectivity index (χ3v) is 5.70. The topological polar surface area (TPSA) is 15.3 Å². The molecule has 3 heteroatoms. The van der Waals surface area contributed by atoms with Gasteiger partial charge in [0.25, 0.3) is 0 Å². The van der Waals surface area contributed by atoms with Crippen molar-refractivity contribution in [3.05, 3.63) is 21.9 Å². The molecule has 1 saturated heterocycles. The second-order valence-corrected chi connectivity index (χ2v) is 7.63. The second-order valence-electron chi connectivity index (χ2n) is 6.31. The molecule has 0 radical (unpaired) electrons. The van der Waals surface area contributed by atoms with Crippen molar-refractivity contribution < 1.29 is 0 Å². The molecule has 0 aromatic carbocycles. The quantitative estimate of drug-likeness (QED) is 0.855. The van der Waals surface area contributed by atoms with Gasteiger partial charge in [-0.25, -0.2) is 0 Å². The van der Waals surface area contributed by atoms with Crippen LogP contribution >= 0.6 is 11.3 Å². The van der Waals surface area contributed by atoms with Crippen molar-refractivity contribution in [2.45, 2.75) is 51.6 Å². The van der Waals surface area contributed by atoms with Gasteiger partial charge >= 0.3 is 0 Å². The molecule has 0 amide bonds. The summed E-state index contributed by atoms with van der Waals surface area (Å²) >= 11 is 1.97. The number of hydrogen-bond acceptors (Lipinski definition) is 3. The fourth-order valence-corrected chi connectivity index (χ4v) is 4.04. The van der Waals surface area contributed by atoms with Gasteiger partial charge in [0.05, 0.1) is 0 Å². The van der Waals surface area contributed by atoms with Crippen LogP contribution < -0.4 is 5.32 Å². The standard InChI is InChI=1S/C16H26N2S/c1-12-5-8-16(19-12)13(2)18(10-14-6-7-14)11-15-4-3-9-17-15/h5,8,13-15,17H,3-4,6-7,9-11H2,1-2H3. The van der Waals surface area contributed by atoms with Gasteiger partial charge in [0, 0.05) is 34.9 Å². The first-order chi connectivity index (χ1) is 9.22. The zero-order chi connectivity index (χ0) is 13.2. The third-order valence-electron chi connectivity index (χ3n) is 4.53. The molecular formula is C16H26N2S. The van der Waals surface area contributed by atoms with Crippen LogP contribution in [0, 0.1) is 12.8 Å². The van der Waals surface area contributed by atoms with Gasteiger partial charge in [-0.15, -0.1) is 11.3 Å². The summed E-state index contributed by atoms with van der Waals surface area (Å²) in [6.07, 6.45) is 5.61. The van der Waals surface area contributed by atoms with E-state index in [9.17, 15) is 0 Å². The third kappa shape index (κ3) is 3.59. The van der Waals surface area contributed by atoms with Crippen LogP contribution in [-0.4, -0.2) is 30.6 Å². The Bertz CT molecular complexity index is 405. The van der Waals surface area contributed by atoms with E-state index in [0.717, 1.165) is 12.0 Å². The lowest BCUT2D eigenvalue weighted by molar-refractivity contribution is 0.186. The molecule has 1 aliphatic heterocycles. The number of thiophene rings is 1. The SMILES string of the molecule is Cc1ccc(C(C)N(CC2CC2)CC2CCCN2)s1. The Morgan fingerprint density at radius 3 is 2.74 bits per heavy atom. The van der Waals surface area contributed by atoms with Crippen LogP contribution in [0.25, 0.3) is 0 Å². The zero-order valence-corrected chi connectivity index (χ0v) is 13.0. The second kappa shape index (κ2) is 5.94. The number of nitrogens with one attached hydrogen (secondary N) is 1. The molecule has 1 aliphatic carbocycles. The van der Waals surface area contributed by atoms with Crippen LogP contribution in [0.15, 0.2) is 12.1 Å². The summed E-state index contributed by atoms with van der Waals surface area (Å²) < 4.78 is 0. The average Bonchev–Trinajstić information content (AvgIpc) is 2.89. The molecule has 2 heterocycles. The molecule has 1 saturated carbocycles. The molecular weight excluding hydrogens is 252 g/mol. The summed E-state index contributed by atoms with van der Waals surface area (Å²) in [5.41, 5.74) is 0. The van der Waals surface area contributed by atoms with E-state index in [0.29, 0.717) is 6.04 Å². The maximum absolute atomic E-state index is 3.65. The van der Waals surface area contributed by atoms with E-state index in [1.54, 1.807) is 0 Å². The monoisotopic (exact) mass is 278 g/mol. The molecule has 1 aromatic heterocycles. The molecule has 2 aliphatic rings. The summed E-state index contributed by atoms with van der Waals surface area (Å²) in [5.74, 6) is 0.977. The van der Waals surface area contributed by atoms with Crippen LogP contribution in [0.5, 0.6) is 0 Å². The lowest BCUT2D eigenvalue weighted by Crippen LogP contribution is -2.39. The summed E-state index contributed by atoms with van der Waals surface area (Å²) in [4.78, 5) is 5.70. The Hall–Kier alpha value is -0.380. The number of hydrogen-bond donors (Lipinski definition) is 1. The van der Waals surface area contributed by atoms with Gasteiger partial charge in [-0.05, 0) is 64.1 Å². The lowest BCUT2D eigenvalue weighted by atomic mass is 10.1. The average molecular weight is 278 g/mol. The van der Waals surface area contributed by atoms with Crippen molar-refractivity contribution in [2.75, 3.05) is 19.6 Å². The molecule has 106 valence electrons. The van der Waals surface area contributed by atoms with Gasteiger partial charge in [0.1, 0.15) is 0 Å². The minimum absolute atomic E-state index is 0.585. The van der Waals surface area contributed by atoms with Crippen molar-refractivity contribution in [2.24, 2.45) is 5.92 Å². The Kier molecular flexibility index (Phi) is 4.25. The Morgan fingerprint density at radius 1 is 1.32 bits per heavy atom. The first kappa shape index (κ1) is 13.6. The van der Waals surface area contributed by atoms with Gasteiger partial charge in [-0.1, -0.05) is 0 Å². The fourth-order valence-electron chi connectivity index (χ4n) is 3.08. The Balaban J connectivity index is 1.65. The van der Waals surface area contributed by atoms with E-state index in [-0.39, 0.29) is 0 Å². The van der Waals surface area contributed by atoms with E-state index < -0.39 is 0 Å². The molecule has 0 bridgehead atoms. The Labute approximate surface area is 121 Å². The minimum atomic E-state index is 0.585. The predicted molar refractivity (Wildman–Crippen MR) is 82.8 cm³/mol. The molecule has 0 spiro atoms. The highest BCUT2D eigenvalue weighted by Crippen LogP contribution is 2.34. The predicted octanol–water partition coefficient (Wildman–Crippen LogP) is 3.58. The highest BCUT2D eigenvalue weighted by atomic mass is 32.1. The summed E-state index contributed by atoms with van der Waals surface area (Å²) in [7, 11) is 0.